The van der Waals surface area contributed by atoms with Crippen molar-refractivity contribution in [3.63, 3.8) is 0 Å². The Bertz CT molecular complexity index is 443. The third-order valence-corrected chi connectivity index (χ3v) is 5.21. The van der Waals surface area contributed by atoms with Crippen molar-refractivity contribution >= 4 is 0 Å². The fraction of sp³-hybridized carbons (Fsp3) is 0.714. The molecule has 1 aromatic rings. The quantitative estimate of drug-likeness (QED) is 0.650. The van der Waals surface area contributed by atoms with Gasteiger partial charge in [-0.05, 0) is 69.6 Å². The second-order valence-electron chi connectivity index (χ2n) is 7.50. The van der Waals surface area contributed by atoms with E-state index in [1.807, 2.05) is 0 Å². The van der Waals surface area contributed by atoms with Gasteiger partial charge < -0.3 is 9.84 Å². The first-order valence-corrected chi connectivity index (χ1v) is 9.51. The minimum atomic E-state index is -0.393. The number of rotatable bonds is 9. The molecule has 0 amide bonds. The maximum Gasteiger partial charge on any atom is 0.119 e. The minimum absolute atomic E-state index is 0.218. The van der Waals surface area contributed by atoms with Gasteiger partial charge in [0.15, 0.2) is 0 Å². The summed E-state index contributed by atoms with van der Waals surface area (Å²) in [6.45, 7) is 6.34. The average molecular weight is 319 g/mol. The predicted octanol–water partition coefficient (Wildman–Crippen LogP) is 5.52. The fourth-order valence-electron chi connectivity index (χ4n) is 3.88. The fourth-order valence-corrected chi connectivity index (χ4v) is 3.88. The average Bonchev–Trinajstić information content (AvgIpc) is 2.96. The lowest BCUT2D eigenvalue weighted by molar-refractivity contribution is -0.0199. The zero-order chi connectivity index (χ0) is 16.7. The highest BCUT2D eigenvalue weighted by molar-refractivity contribution is 5.27. The molecule has 1 unspecified atom stereocenters. The number of hydrogen-bond donors (Lipinski definition) is 1. The normalized spacial score (nSPS) is 18.3. The summed E-state index contributed by atoms with van der Waals surface area (Å²) in [5.74, 6) is 1.40. The van der Waals surface area contributed by atoms with Crippen molar-refractivity contribution in [1.29, 1.82) is 0 Å². The van der Waals surface area contributed by atoms with Crippen molar-refractivity contribution in [3.05, 3.63) is 29.8 Å². The van der Waals surface area contributed by atoms with Gasteiger partial charge in [-0.15, -0.1) is 0 Å². The van der Waals surface area contributed by atoms with Crippen LogP contribution in [-0.4, -0.2) is 16.8 Å². The van der Waals surface area contributed by atoms with Crippen molar-refractivity contribution in [1.82, 2.24) is 0 Å². The standard InChI is InChI=1S/C21H34O2/c1-4-5-8-19(21(22)15-6-7-16-21)12-9-18-10-13-20(14-11-18)23-17(2)3/h10-11,13-14,17,19,22H,4-9,12,15-16H2,1-3H3. The lowest BCUT2D eigenvalue weighted by atomic mass is 9.79. The molecule has 1 fully saturated rings. The van der Waals surface area contributed by atoms with Crippen LogP contribution in [0.25, 0.3) is 0 Å². The Morgan fingerprint density at radius 2 is 1.74 bits per heavy atom. The van der Waals surface area contributed by atoms with Gasteiger partial charge in [-0.2, -0.15) is 0 Å². The summed E-state index contributed by atoms with van der Waals surface area (Å²) < 4.78 is 5.71. The molecule has 1 atom stereocenters. The van der Waals surface area contributed by atoms with Crippen molar-refractivity contribution in [2.24, 2.45) is 5.92 Å². The van der Waals surface area contributed by atoms with Gasteiger partial charge in [0.05, 0.1) is 11.7 Å². The molecule has 2 heteroatoms. The molecule has 0 saturated heterocycles. The van der Waals surface area contributed by atoms with Gasteiger partial charge in [-0.25, -0.2) is 0 Å². The van der Waals surface area contributed by atoms with Crippen molar-refractivity contribution in [2.45, 2.75) is 90.3 Å². The first-order chi connectivity index (χ1) is 11.0. The van der Waals surface area contributed by atoms with Crippen molar-refractivity contribution in [3.8, 4) is 5.75 Å². The van der Waals surface area contributed by atoms with E-state index in [4.69, 9.17) is 4.74 Å². The first-order valence-electron chi connectivity index (χ1n) is 9.51. The van der Waals surface area contributed by atoms with Crippen molar-refractivity contribution < 1.29 is 9.84 Å². The van der Waals surface area contributed by atoms with E-state index in [-0.39, 0.29) is 6.10 Å². The topological polar surface area (TPSA) is 29.5 Å². The maximum atomic E-state index is 11.0. The Hall–Kier alpha value is -1.02. The van der Waals surface area contributed by atoms with Gasteiger partial charge >= 0.3 is 0 Å². The van der Waals surface area contributed by atoms with E-state index >= 15 is 0 Å². The predicted molar refractivity (Wildman–Crippen MR) is 97.0 cm³/mol. The summed E-state index contributed by atoms with van der Waals surface area (Å²) in [5, 5.41) is 11.0. The number of hydrogen-bond acceptors (Lipinski definition) is 2. The van der Waals surface area contributed by atoms with E-state index in [1.165, 1.54) is 37.7 Å². The van der Waals surface area contributed by atoms with Gasteiger partial charge in [0.1, 0.15) is 5.75 Å². The molecule has 130 valence electrons. The second kappa shape index (κ2) is 8.73. The molecular weight excluding hydrogens is 284 g/mol. The lowest BCUT2D eigenvalue weighted by Gasteiger charge is -2.33. The largest absolute Gasteiger partial charge is 0.491 e. The number of ether oxygens (including phenoxy) is 1. The number of aryl methyl sites for hydroxylation is 1. The Balaban J connectivity index is 1.92. The summed E-state index contributed by atoms with van der Waals surface area (Å²) in [6, 6.07) is 8.49. The molecule has 1 aliphatic rings. The molecule has 2 rings (SSSR count). The molecule has 1 N–H and O–H groups in total. The molecule has 0 bridgehead atoms. The summed E-state index contributed by atoms with van der Waals surface area (Å²) in [5.41, 5.74) is 0.958. The number of unbranched alkanes of at least 4 members (excludes halogenated alkanes) is 1. The summed E-state index contributed by atoms with van der Waals surface area (Å²) in [4.78, 5) is 0. The molecule has 0 spiro atoms. The first kappa shape index (κ1) is 18.3. The maximum absolute atomic E-state index is 11.0. The van der Waals surface area contributed by atoms with Crippen LogP contribution in [-0.2, 0) is 6.42 Å². The molecule has 1 aromatic carbocycles. The van der Waals surface area contributed by atoms with Crippen LogP contribution in [0.2, 0.25) is 0 Å². The molecule has 1 aliphatic carbocycles. The Labute approximate surface area is 142 Å². The van der Waals surface area contributed by atoms with E-state index in [9.17, 15) is 5.11 Å². The molecule has 23 heavy (non-hydrogen) atoms. The monoisotopic (exact) mass is 318 g/mol. The molecule has 1 saturated carbocycles. The van der Waals surface area contributed by atoms with E-state index in [0.717, 1.165) is 31.4 Å². The van der Waals surface area contributed by atoms with E-state index in [2.05, 4.69) is 45.0 Å². The summed E-state index contributed by atoms with van der Waals surface area (Å²) in [6.07, 6.45) is 10.4. The SMILES string of the molecule is CCCCC(CCc1ccc(OC(C)C)cc1)C1(O)CCCC1. The van der Waals surface area contributed by atoms with Crippen LogP contribution in [0, 0.1) is 5.92 Å². The number of benzene rings is 1. The lowest BCUT2D eigenvalue weighted by Crippen LogP contribution is -2.35. The summed E-state index contributed by atoms with van der Waals surface area (Å²) >= 11 is 0. The zero-order valence-electron chi connectivity index (χ0n) is 15.2. The van der Waals surface area contributed by atoms with Gasteiger partial charge in [0, 0.05) is 0 Å². The third-order valence-electron chi connectivity index (χ3n) is 5.21. The zero-order valence-corrected chi connectivity index (χ0v) is 15.2. The summed E-state index contributed by atoms with van der Waals surface area (Å²) in [7, 11) is 0. The van der Waals surface area contributed by atoms with E-state index in [0.29, 0.717) is 5.92 Å². The second-order valence-corrected chi connectivity index (χ2v) is 7.50. The van der Waals surface area contributed by atoms with Gasteiger partial charge in [-0.3, -0.25) is 0 Å². The van der Waals surface area contributed by atoms with Crippen LogP contribution < -0.4 is 4.74 Å². The van der Waals surface area contributed by atoms with Crippen LogP contribution >= 0.6 is 0 Å². The number of aliphatic hydroxyl groups is 1. The van der Waals surface area contributed by atoms with Crippen molar-refractivity contribution in [2.75, 3.05) is 0 Å². The molecule has 0 aromatic heterocycles. The highest BCUT2D eigenvalue weighted by Crippen LogP contribution is 2.40. The molecule has 0 aliphatic heterocycles. The van der Waals surface area contributed by atoms with Crippen LogP contribution in [0.5, 0.6) is 5.75 Å². The van der Waals surface area contributed by atoms with Gasteiger partial charge in [-0.1, -0.05) is 44.7 Å². The Kier molecular flexibility index (Phi) is 6.95. The smallest absolute Gasteiger partial charge is 0.119 e. The van der Waals surface area contributed by atoms with Crippen LogP contribution in [0.1, 0.15) is 77.7 Å². The van der Waals surface area contributed by atoms with Crippen LogP contribution in [0.15, 0.2) is 24.3 Å². The van der Waals surface area contributed by atoms with Gasteiger partial charge in [0.2, 0.25) is 0 Å². The third kappa shape index (κ3) is 5.53. The van der Waals surface area contributed by atoms with Crippen LogP contribution in [0.3, 0.4) is 0 Å². The molecule has 0 radical (unpaired) electrons. The highest BCUT2D eigenvalue weighted by atomic mass is 16.5. The molecule has 2 nitrogen and oxygen atoms in total. The van der Waals surface area contributed by atoms with E-state index < -0.39 is 5.60 Å². The molecular formula is C21H34O2. The molecule has 0 heterocycles. The Morgan fingerprint density at radius 1 is 1.09 bits per heavy atom. The highest BCUT2D eigenvalue weighted by Gasteiger charge is 2.38. The minimum Gasteiger partial charge on any atom is -0.491 e. The van der Waals surface area contributed by atoms with Gasteiger partial charge in [0.25, 0.3) is 0 Å². The van der Waals surface area contributed by atoms with Crippen LogP contribution in [0.4, 0.5) is 0 Å². The Morgan fingerprint density at radius 3 is 2.30 bits per heavy atom. The van der Waals surface area contributed by atoms with E-state index in [1.54, 1.807) is 0 Å².